The number of rotatable bonds is 3. The summed E-state index contributed by atoms with van der Waals surface area (Å²) in [5, 5.41) is 3.97. The van der Waals surface area contributed by atoms with Gasteiger partial charge >= 0.3 is 5.97 Å². The van der Waals surface area contributed by atoms with Crippen LogP contribution < -0.4 is 10.9 Å². The van der Waals surface area contributed by atoms with Crippen molar-refractivity contribution in [2.75, 3.05) is 6.61 Å². The van der Waals surface area contributed by atoms with E-state index in [2.05, 4.69) is 25.9 Å². The third-order valence-electron chi connectivity index (χ3n) is 2.51. The largest absolute Gasteiger partial charge is 0.450 e. The third kappa shape index (κ3) is 3.53. The molecule has 2 N–H and O–H groups in total. The normalized spacial score (nSPS) is 10.3. The highest BCUT2D eigenvalue weighted by molar-refractivity contribution is 5.88. The van der Waals surface area contributed by atoms with Crippen molar-refractivity contribution in [2.24, 2.45) is 0 Å². The van der Waals surface area contributed by atoms with Gasteiger partial charge in [0, 0.05) is 18.3 Å². The lowest BCUT2D eigenvalue weighted by atomic mass is 10.4. The molecule has 0 spiro atoms. The van der Waals surface area contributed by atoms with Crippen molar-refractivity contribution in [1.29, 1.82) is 0 Å². The van der Waals surface area contributed by atoms with Gasteiger partial charge in [0.25, 0.3) is 17.5 Å². The van der Waals surface area contributed by atoms with Crippen molar-refractivity contribution in [3.8, 4) is 0 Å². The van der Waals surface area contributed by atoms with Crippen LogP contribution in [-0.4, -0.2) is 44.0 Å². The van der Waals surface area contributed by atoms with E-state index in [0.29, 0.717) is 0 Å². The molecule has 0 unspecified atom stereocenters. The summed E-state index contributed by atoms with van der Waals surface area (Å²) in [6, 6.07) is 1.79. The number of hydrazine groups is 1. The fourth-order valence-corrected chi connectivity index (χ4v) is 1.64. The van der Waals surface area contributed by atoms with Gasteiger partial charge in [0.05, 0.1) is 0 Å². The first kappa shape index (κ1) is 15.4. The summed E-state index contributed by atoms with van der Waals surface area (Å²) in [5.74, 6) is -1.92. The van der Waals surface area contributed by atoms with Gasteiger partial charge < -0.3 is 4.74 Å². The number of aryl methyl sites for hydroxylation is 2. The number of hydrogen-bond acceptors (Lipinski definition) is 7. The van der Waals surface area contributed by atoms with Crippen LogP contribution in [0.5, 0.6) is 0 Å². The van der Waals surface area contributed by atoms with Crippen LogP contribution in [0, 0.1) is 13.8 Å². The number of nitrogens with one attached hydrogen (secondary N) is 2. The predicted octanol–water partition coefficient (Wildman–Crippen LogP) is -0.935. The maximum Gasteiger partial charge on any atom is 0.378 e. The summed E-state index contributed by atoms with van der Waals surface area (Å²) >= 11 is 0. The molecule has 0 saturated heterocycles. The fraction of sp³-hybridized carbons (Fsp3) is 0.333. The molecule has 0 atom stereocenters. The number of nitrogens with zero attached hydrogens (tertiary/aromatic N) is 4. The second-order valence-corrected chi connectivity index (χ2v) is 4.49. The van der Waals surface area contributed by atoms with Gasteiger partial charge in [-0.3, -0.25) is 20.4 Å². The molecule has 0 aliphatic rings. The number of carbonyl (C=O) groups excluding carboxylic acids is 3. The second kappa shape index (κ2) is 6.16. The van der Waals surface area contributed by atoms with Gasteiger partial charge in [-0.15, -0.1) is 5.10 Å². The summed E-state index contributed by atoms with van der Waals surface area (Å²) in [5.41, 5.74) is 5.63. The van der Waals surface area contributed by atoms with Crippen LogP contribution in [0.4, 0.5) is 0 Å². The lowest BCUT2D eigenvalue weighted by Gasteiger charge is -2.04. The Balaban J connectivity index is 2.02. The highest BCUT2D eigenvalue weighted by Gasteiger charge is 2.17. The molecular formula is C12H14N6O4. The Labute approximate surface area is 124 Å². The van der Waals surface area contributed by atoms with E-state index in [-0.39, 0.29) is 11.6 Å². The summed E-state index contributed by atoms with van der Waals surface area (Å²) in [6.07, 6.45) is 0. The van der Waals surface area contributed by atoms with Crippen LogP contribution in [-0.2, 0) is 14.3 Å². The molecule has 2 aromatic heterocycles. The van der Waals surface area contributed by atoms with Gasteiger partial charge in [-0.25, -0.2) is 14.3 Å². The number of amides is 2. The zero-order valence-electron chi connectivity index (χ0n) is 12.2. The smallest absolute Gasteiger partial charge is 0.378 e. The molecular weight excluding hydrogens is 292 g/mol. The van der Waals surface area contributed by atoms with Crippen molar-refractivity contribution in [1.82, 2.24) is 30.4 Å². The van der Waals surface area contributed by atoms with E-state index in [1.165, 1.54) is 11.4 Å². The van der Waals surface area contributed by atoms with E-state index in [4.69, 9.17) is 4.74 Å². The standard InChI is InChI=1S/C12H14N6O4/c1-6-4-7(2)18-12(13-6)14-10(17-18)11(21)22-5-9(20)16-15-8(3)19/h4H,5H2,1-3H3,(H,15,19)(H,16,20). The molecule has 2 aromatic rings. The first-order valence-corrected chi connectivity index (χ1v) is 6.30. The number of aromatic nitrogens is 4. The second-order valence-electron chi connectivity index (χ2n) is 4.49. The fourth-order valence-electron chi connectivity index (χ4n) is 1.64. The molecule has 22 heavy (non-hydrogen) atoms. The maximum atomic E-state index is 11.8. The van der Waals surface area contributed by atoms with Gasteiger partial charge in [0.15, 0.2) is 6.61 Å². The minimum Gasteiger partial charge on any atom is -0.450 e. The van der Waals surface area contributed by atoms with Crippen molar-refractivity contribution >= 4 is 23.6 Å². The SMILES string of the molecule is CC(=O)NNC(=O)COC(=O)c1nc2nc(C)cc(C)n2n1. The van der Waals surface area contributed by atoms with Crippen molar-refractivity contribution in [3.05, 3.63) is 23.3 Å². The lowest BCUT2D eigenvalue weighted by Crippen LogP contribution is -2.42. The van der Waals surface area contributed by atoms with Crippen LogP contribution >= 0.6 is 0 Å². The molecule has 0 aliphatic carbocycles. The maximum absolute atomic E-state index is 11.8. The summed E-state index contributed by atoms with van der Waals surface area (Å²) in [6.45, 7) is 4.25. The summed E-state index contributed by atoms with van der Waals surface area (Å²) < 4.78 is 6.16. The first-order valence-electron chi connectivity index (χ1n) is 6.30. The van der Waals surface area contributed by atoms with Gasteiger partial charge in [0.1, 0.15) is 0 Å². The van der Waals surface area contributed by atoms with Crippen LogP contribution in [0.25, 0.3) is 5.78 Å². The molecule has 0 fully saturated rings. The molecule has 2 rings (SSSR count). The van der Waals surface area contributed by atoms with E-state index in [0.717, 1.165) is 11.4 Å². The Hall–Kier alpha value is -3.04. The van der Waals surface area contributed by atoms with E-state index >= 15 is 0 Å². The van der Waals surface area contributed by atoms with Gasteiger partial charge in [-0.2, -0.15) is 4.98 Å². The van der Waals surface area contributed by atoms with Crippen LogP contribution in [0.3, 0.4) is 0 Å². The molecule has 2 amide bonds. The van der Waals surface area contributed by atoms with Gasteiger partial charge in [-0.1, -0.05) is 0 Å². The molecule has 0 bridgehead atoms. The van der Waals surface area contributed by atoms with E-state index in [9.17, 15) is 14.4 Å². The molecule has 0 saturated carbocycles. The summed E-state index contributed by atoms with van der Waals surface area (Å²) in [4.78, 5) is 41.8. The van der Waals surface area contributed by atoms with Crippen molar-refractivity contribution in [2.45, 2.75) is 20.8 Å². The molecule has 116 valence electrons. The minimum absolute atomic E-state index is 0.200. The number of carbonyl (C=O) groups is 3. The molecule has 0 aliphatic heterocycles. The Morgan fingerprint density at radius 3 is 2.64 bits per heavy atom. The quantitative estimate of drug-likeness (QED) is 0.553. The average Bonchev–Trinajstić information content (AvgIpc) is 2.86. The monoisotopic (exact) mass is 306 g/mol. The summed E-state index contributed by atoms with van der Waals surface area (Å²) in [7, 11) is 0. The highest BCUT2D eigenvalue weighted by atomic mass is 16.5. The Morgan fingerprint density at radius 2 is 1.95 bits per heavy atom. The predicted molar refractivity (Wildman–Crippen MR) is 72.5 cm³/mol. The average molecular weight is 306 g/mol. The van der Waals surface area contributed by atoms with E-state index in [1.54, 1.807) is 19.9 Å². The zero-order chi connectivity index (χ0) is 16.3. The number of esters is 1. The number of hydrogen-bond donors (Lipinski definition) is 2. The third-order valence-corrected chi connectivity index (χ3v) is 2.51. The van der Waals surface area contributed by atoms with E-state index in [1.807, 2.05) is 0 Å². The Bertz CT molecular complexity index is 753. The molecule has 10 heteroatoms. The zero-order valence-corrected chi connectivity index (χ0v) is 12.2. The first-order chi connectivity index (χ1) is 10.4. The van der Waals surface area contributed by atoms with Crippen molar-refractivity contribution in [3.63, 3.8) is 0 Å². The van der Waals surface area contributed by atoms with E-state index < -0.39 is 24.4 Å². The molecule has 2 heterocycles. The van der Waals surface area contributed by atoms with Gasteiger partial charge in [0.2, 0.25) is 5.91 Å². The Kier molecular flexibility index (Phi) is 4.30. The Morgan fingerprint density at radius 1 is 1.23 bits per heavy atom. The van der Waals surface area contributed by atoms with Crippen LogP contribution in [0.15, 0.2) is 6.07 Å². The molecule has 0 aromatic carbocycles. The minimum atomic E-state index is -0.861. The van der Waals surface area contributed by atoms with Gasteiger partial charge in [-0.05, 0) is 19.9 Å². The number of ether oxygens (including phenoxy) is 1. The van der Waals surface area contributed by atoms with Crippen LogP contribution in [0.2, 0.25) is 0 Å². The topological polar surface area (TPSA) is 128 Å². The lowest BCUT2D eigenvalue weighted by molar-refractivity contribution is -0.129. The number of fused-ring (bicyclic) bond motifs is 1. The molecule has 10 nitrogen and oxygen atoms in total. The molecule has 0 radical (unpaired) electrons. The van der Waals surface area contributed by atoms with Crippen molar-refractivity contribution < 1.29 is 19.1 Å². The highest BCUT2D eigenvalue weighted by Crippen LogP contribution is 2.06. The van der Waals surface area contributed by atoms with Crippen LogP contribution in [0.1, 0.15) is 28.9 Å².